The third-order valence-corrected chi connectivity index (χ3v) is 3.91. The van der Waals surface area contributed by atoms with E-state index in [1.165, 1.54) is 0 Å². The van der Waals surface area contributed by atoms with E-state index in [4.69, 9.17) is 9.47 Å². The predicted molar refractivity (Wildman–Crippen MR) is 88.7 cm³/mol. The molecule has 0 bridgehead atoms. The minimum absolute atomic E-state index is 0.613. The average Bonchev–Trinajstić information content (AvgIpc) is 2.41. The van der Waals surface area contributed by atoms with Gasteiger partial charge in [0.2, 0.25) is 0 Å². The van der Waals surface area contributed by atoms with Crippen LogP contribution in [0.3, 0.4) is 0 Å². The van der Waals surface area contributed by atoms with Gasteiger partial charge in [-0.1, -0.05) is 24.3 Å². The molecule has 0 aliphatic rings. The van der Waals surface area contributed by atoms with Gasteiger partial charge in [-0.3, -0.25) is 0 Å². The molecule has 0 radical (unpaired) electrons. The van der Waals surface area contributed by atoms with E-state index in [9.17, 15) is 5.11 Å². The zero-order valence-electron chi connectivity index (χ0n) is 13.9. The summed E-state index contributed by atoms with van der Waals surface area (Å²) in [5.41, 5.74) is -0.654. The van der Waals surface area contributed by atoms with Gasteiger partial charge in [-0.2, -0.15) is 0 Å². The molecular weight excluding hydrogens is 276 g/mol. The van der Waals surface area contributed by atoms with Crippen LogP contribution in [0.5, 0.6) is 17.2 Å². The summed E-state index contributed by atoms with van der Waals surface area (Å²) in [5, 5.41) is 10.3. The Balaban J connectivity index is 2.32. The van der Waals surface area contributed by atoms with Crippen LogP contribution in [0.1, 0.15) is 33.3 Å². The number of para-hydroxylation sites is 1. The summed E-state index contributed by atoms with van der Waals surface area (Å²) in [6.45, 7) is 9.19. The molecule has 0 fully saturated rings. The zero-order valence-corrected chi connectivity index (χ0v) is 13.9. The van der Waals surface area contributed by atoms with Crippen molar-refractivity contribution in [3.05, 3.63) is 54.1 Å². The van der Waals surface area contributed by atoms with E-state index in [-0.39, 0.29) is 0 Å². The quantitative estimate of drug-likeness (QED) is 0.868. The van der Waals surface area contributed by atoms with Crippen molar-refractivity contribution in [2.24, 2.45) is 0 Å². The molecule has 0 aliphatic heterocycles. The Morgan fingerprint density at radius 2 is 1.50 bits per heavy atom. The summed E-state index contributed by atoms with van der Waals surface area (Å²) in [4.78, 5) is 0. The molecule has 2 aromatic rings. The standard InChI is InChI=1S/C19H24O3/c1-14-11-12-16(22-19(4,5)18(2,3)20)17(13-14)21-15-9-7-6-8-10-15/h6-13,20H,1-5H3. The molecule has 22 heavy (non-hydrogen) atoms. The highest BCUT2D eigenvalue weighted by Crippen LogP contribution is 2.37. The van der Waals surface area contributed by atoms with Crippen LogP contribution in [0.25, 0.3) is 0 Å². The Morgan fingerprint density at radius 3 is 2.09 bits per heavy atom. The van der Waals surface area contributed by atoms with Gasteiger partial charge in [0.05, 0.1) is 5.60 Å². The van der Waals surface area contributed by atoms with E-state index in [0.29, 0.717) is 11.5 Å². The van der Waals surface area contributed by atoms with Crippen LogP contribution in [0.15, 0.2) is 48.5 Å². The van der Waals surface area contributed by atoms with Crippen LogP contribution >= 0.6 is 0 Å². The normalized spacial score (nSPS) is 12.1. The second kappa shape index (κ2) is 6.01. The van der Waals surface area contributed by atoms with Crippen molar-refractivity contribution in [2.45, 2.75) is 45.8 Å². The van der Waals surface area contributed by atoms with Crippen molar-refractivity contribution in [1.29, 1.82) is 0 Å². The van der Waals surface area contributed by atoms with E-state index in [0.717, 1.165) is 11.3 Å². The van der Waals surface area contributed by atoms with Crippen molar-refractivity contribution in [1.82, 2.24) is 0 Å². The lowest BCUT2D eigenvalue weighted by atomic mass is 9.89. The fourth-order valence-electron chi connectivity index (χ4n) is 1.79. The number of aryl methyl sites for hydroxylation is 1. The number of ether oxygens (including phenoxy) is 2. The van der Waals surface area contributed by atoms with Crippen molar-refractivity contribution < 1.29 is 14.6 Å². The van der Waals surface area contributed by atoms with Crippen molar-refractivity contribution >= 4 is 0 Å². The lowest BCUT2D eigenvalue weighted by molar-refractivity contribution is -0.0912. The molecule has 0 spiro atoms. The van der Waals surface area contributed by atoms with E-state index in [2.05, 4.69) is 0 Å². The summed E-state index contributed by atoms with van der Waals surface area (Å²) >= 11 is 0. The number of hydrogen-bond donors (Lipinski definition) is 1. The minimum Gasteiger partial charge on any atom is -0.481 e. The largest absolute Gasteiger partial charge is 0.481 e. The highest BCUT2D eigenvalue weighted by molar-refractivity contribution is 5.45. The van der Waals surface area contributed by atoms with E-state index < -0.39 is 11.2 Å². The van der Waals surface area contributed by atoms with Crippen molar-refractivity contribution in [3.8, 4) is 17.2 Å². The highest BCUT2D eigenvalue weighted by atomic mass is 16.5. The molecule has 2 aromatic carbocycles. The molecule has 0 unspecified atom stereocenters. The Kier molecular flexibility index (Phi) is 4.47. The Morgan fingerprint density at radius 1 is 0.864 bits per heavy atom. The van der Waals surface area contributed by atoms with E-state index >= 15 is 0 Å². The maximum Gasteiger partial charge on any atom is 0.169 e. The summed E-state index contributed by atoms with van der Waals surface area (Å²) in [5.74, 6) is 2.00. The van der Waals surface area contributed by atoms with Crippen LogP contribution in [0.2, 0.25) is 0 Å². The number of benzene rings is 2. The average molecular weight is 300 g/mol. The van der Waals surface area contributed by atoms with Crippen LogP contribution in [0.4, 0.5) is 0 Å². The minimum atomic E-state index is -0.984. The fraction of sp³-hybridized carbons (Fsp3) is 0.368. The third kappa shape index (κ3) is 3.80. The first-order valence-corrected chi connectivity index (χ1v) is 7.44. The van der Waals surface area contributed by atoms with Crippen LogP contribution in [-0.2, 0) is 0 Å². The molecule has 0 saturated carbocycles. The summed E-state index contributed by atoms with van der Waals surface area (Å²) < 4.78 is 12.0. The first kappa shape index (κ1) is 16.4. The summed E-state index contributed by atoms with van der Waals surface area (Å²) in [6.07, 6.45) is 0. The van der Waals surface area contributed by atoms with Gasteiger partial charge in [0.1, 0.15) is 11.4 Å². The molecule has 2 rings (SSSR count). The number of aliphatic hydroxyl groups is 1. The number of rotatable bonds is 5. The monoisotopic (exact) mass is 300 g/mol. The molecule has 0 saturated heterocycles. The lowest BCUT2D eigenvalue weighted by Gasteiger charge is -2.37. The molecule has 3 nitrogen and oxygen atoms in total. The van der Waals surface area contributed by atoms with Gasteiger partial charge in [0.25, 0.3) is 0 Å². The van der Waals surface area contributed by atoms with Gasteiger partial charge >= 0.3 is 0 Å². The molecular formula is C19H24O3. The molecule has 0 aliphatic carbocycles. The molecule has 1 N–H and O–H groups in total. The fourth-order valence-corrected chi connectivity index (χ4v) is 1.79. The lowest BCUT2D eigenvalue weighted by Crippen LogP contribution is -2.49. The summed E-state index contributed by atoms with van der Waals surface area (Å²) in [7, 11) is 0. The van der Waals surface area contributed by atoms with Crippen LogP contribution in [0, 0.1) is 6.92 Å². The molecule has 0 amide bonds. The van der Waals surface area contributed by atoms with Gasteiger partial charge < -0.3 is 14.6 Å². The van der Waals surface area contributed by atoms with Crippen LogP contribution < -0.4 is 9.47 Å². The maximum absolute atomic E-state index is 10.3. The van der Waals surface area contributed by atoms with Gasteiger partial charge in [0, 0.05) is 0 Å². The van der Waals surface area contributed by atoms with Crippen molar-refractivity contribution in [3.63, 3.8) is 0 Å². The molecule has 0 aromatic heterocycles. The molecule has 0 heterocycles. The maximum atomic E-state index is 10.3. The van der Waals surface area contributed by atoms with Gasteiger partial charge in [-0.25, -0.2) is 0 Å². The molecule has 118 valence electrons. The second-order valence-corrected chi connectivity index (χ2v) is 6.54. The second-order valence-electron chi connectivity index (χ2n) is 6.54. The Bertz CT molecular complexity index is 625. The predicted octanol–water partition coefficient (Wildman–Crippen LogP) is 4.72. The van der Waals surface area contributed by atoms with Gasteiger partial charge in [-0.15, -0.1) is 0 Å². The first-order chi connectivity index (χ1) is 10.2. The Labute approximate surface area is 132 Å². The number of hydrogen-bond acceptors (Lipinski definition) is 3. The van der Waals surface area contributed by atoms with Gasteiger partial charge in [-0.05, 0) is 64.4 Å². The SMILES string of the molecule is Cc1ccc(OC(C)(C)C(C)(C)O)c(Oc2ccccc2)c1. The van der Waals surface area contributed by atoms with E-state index in [1.807, 2.05) is 69.3 Å². The Hall–Kier alpha value is -2.00. The molecule has 0 atom stereocenters. The molecule has 3 heteroatoms. The van der Waals surface area contributed by atoms with Gasteiger partial charge in [0.15, 0.2) is 11.5 Å². The zero-order chi connectivity index (χ0) is 16.4. The van der Waals surface area contributed by atoms with E-state index in [1.54, 1.807) is 13.8 Å². The first-order valence-electron chi connectivity index (χ1n) is 7.44. The summed E-state index contributed by atoms with van der Waals surface area (Å²) in [6, 6.07) is 15.4. The topological polar surface area (TPSA) is 38.7 Å². The van der Waals surface area contributed by atoms with Crippen LogP contribution in [-0.4, -0.2) is 16.3 Å². The van der Waals surface area contributed by atoms with Crippen molar-refractivity contribution in [2.75, 3.05) is 0 Å². The highest BCUT2D eigenvalue weighted by Gasteiger charge is 2.38. The third-order valence-electron chi connectivity index (χ3n) is 3.91. The smallest absolute Gasteiger partial charge is 0.169 e.